The quantitative estimate of drug-likeness (QED) is 0.818. The number of thioether (sulfide) groups is 1. The van der Waals surface area contributed by atoms with Crippen molar-refractivity contribution in [3.05, 3.63) is 59.2 Å². The number of carbonyl (C=O) groups is 1. The second-order valence-electron chi connectivity index (χ2n) is 5.08. The molecule has 1 N–H and O–H groups in total. The van der Waals surface area contributed by atoms with Gasteiger partial charge in [0.05, 0.1) is 12.1 Å². The average molecular weight is 299 g/mol. The largest absolute Gasteiger partial charge is 0.325 e. The molecule has 2 nitrogen and oxygen atoms in total. The minimum atomic E-state index is 0.0350. The lowest BCUT2D eigenvalue weighted by molar-refractivity contribution is -0.115. The molecule has 2 rings (SSSR count). The maximum atomic E-state index is 12.3. The standard InChI is InChI=1S/C18H21NOS/c1-4-21-17-8-6-5-7-16(17)19-18(20)12-15-11-13(2)9-10-14(15)3/h5-11H,4,12H2,1-3H3,(H,19,20). The van der Waals surface area contributed by atoms with Crippen molar-refractivity contribution in [3.63, 3.8) is 0 Å². The van der Waals surface area contributed by atoms with Gasteiger partial charge in [0.1, 0.15) is 0 Å². The summed E-state index contributed by atoms with van der Waals surface area (Å²) in [7, 11) is 0. The van der Waals surface area contributed by atoms with Gasteiger partial charge < -0.3 is 5.32 Å². The van der Waals surface area contributed by atoms with Crippen LogP contribution in [0.3, 0.4) is 0 Å². The number of rotatable bonds is 5. The van der Waals surface area contributed by atoms with Gasteiger partial charge in [-0.05, 0) is 42.9 Å². The third-order valence-electron chi connectivity index (χ3n) is 3.32. The number of hydrogen-bond donors (Lipinski definition) is 1. The zero-order valence-electron chi connectivity index (χ0n) is 12.8. The van der Waals surface area contributed by atoms with Crippen LogP contribution in [-0.2, 0) is 11.2 Å². The second kappa shape index (κ2) is 7.32. The van der Waals surface area contributed by atoms with Gasteiger partial charge in [0, 0.05) is 4.90 Å². The predicted octanol–water partition coefficient (Wildman–Crippen LogP) is 4.60. The molecular weight excluding hydrogens is 278 g/mol. The SMILES string of the molecule is CCSc1ccccc1NC(=O)Cc1cc(C)ccc1C. The molecule has 0 saturated heterocycles. The van der Waals surface area contributed by atoms with Crippen LogP contribution in [0.2, 0.25) is 0 Å². The summed E-state index contributed by atoms with van der Waals surface area (Å²) in [4.78, 5) is 13.4. The van der Waals surface area contributed by atoms with Crippen molar-refractivity contribution in [2.45, 2.75) is 32.1 Å². The molecule has 2 aromatic carbocycles. The van der Waals surface area contributed by atoms with Crippen LogP contribution in [0, 0.1) is 13.8 Å². The van der Waals surface area contributed by atoms with Crippen molar-refractivity contribution < 1.29 is 4.79 Å². The third kappa shape index (κ3) is 4.36. The summed E-state index contributed by atoms with van der Waals surface area (Å²) in [6.45, 7) is 6.20. The average Bonchev–Trinajstić information content (AvgIpc) is 2.45. The van der Waals surface area contributed by atoms with Crippen molar-refractivity contribution in [1.29, 1.82) is 0 Å². The predicted molar refractivity (Wildman–Crippen MR) is 91.1 cm³/mol. The molecular formula is C18H21NOS. The van der Waals surface area contributed by atoms with Gasteiger partial charge in [-0.15, -0.1) is 11.8 Å². The van der Waals surface area contributed by atoms with E-state index in [-0.39, 0.29) is 5.91 Å². The smallest absolute Gasteiger partial charge is 0.228 e. The number of benzene rings is 2. The van der Waals surface area contributed by atoms with Gasteiger partial charge in [-0.1, -0.05) is 42.8 Å². The molecule has 3 heteroatoms. The maximum absolute atomic E-state index is 12.3. The first-order valence-electron chi connectivity index (χ1n) is 7.18. The van der Waals surface area contributed by atoms with Gasteiger partial charge in [-0.2, -0.15) is 0 Å². The molecule has 0 fully saturated rings. The Bertz CT molecular complexity index is 637. The Kier molecular flexibility index (Phi) is 5.45. The summed E-state index contributed by atoms with van der Waals surface area (Å²) in [6, 6.07) is 14.2. The first-order valence-corrected chi connectivity index (χ1v) is 8.16. The molecule has 2 aromatic rings. The number of anilines is 1. The van der Waals surface area contributed by atoms with E-state index in [9.17, 15) is 4.79 Å². The van der Waals surface area contributed by atoms with E-state index in [4.69, 9.17) is 0 Å². The molecule has 0 radical (unpaired) electrons. The van der Waals surface area contributed by atoms with E-state index in [1.807, 2.05) is 38.1 Å². The molecule has 0 heterocycles. The van der Waals surface area contributed by atoms with Crippen molar-refractivity contribution in [3.8, 4) is 0 Å². The number of hydrogen-bond acceptors (Lipinski definition) is 2. The van der Waals surface area contributed by atoms with Gasteiger partial charge in [0.15, 0.2) is 0 Å². The molecule has 0 aliphatic carbocycles. The molecule has 110 valence electrons. The Labute approximate surface area is 131 Å². The Morgan fingerprint density at radius 2 is 1.90 bits per heavy atom. The Morgan fingerprint density at radius 1 is 1.14 bits per heavy atom. The molecule has 0 aliphatic heterocycles. The lowest BCUT2D eigenvalue weighted by Crippen LogP contribution is -2.15. The second-order valence-corrected chi connectivity index (χ2v) is 6.39. The Morgan fingerprint density at radius 3 is 2.67 bits per heavy atom. The monoisotopic (exact) mass is 299 g/mol. The maximum Gasteiger partial charge on any atom is 0.228 e. The van der Waals surface area contributed by atoms with Crippen LogP contribution in [0.25, 0.3) is 0 Å². The number of para-hydroxylation sites is 1. The van der Waals surface area contributed by atoms with Crippen LogP contribution < -0.4 is 5.32 Å². The van der Waals surface area contributed by atoms with E-state index in [0.29, 0.717) is 6.42 Å². The summed E-state index contributed by atoms with van der Waals surface area (Å²) >= 11 is 1.74. The van der Waals surface area contributed by atoms with Gasteiger partial charge in [0.2, 0.25) is 5.91 Å². The number of aryl methyl sites for hydroxylation is 2. The van der Waals surface area contributed by atoms with Gasteiger partial charge in [-0.25, -0.2) is 0 Å². The summed E-state index contributed by atoms with van der Waals surface area (Å²) in [5.74, 6) is 1.03. The molecule has 0 aromatic heterocycles. The summed E-state index contributed by atoms with van der Waals surface area (Å²) in [5.41, 5.74) is 4.34. The van der Waals surface area contributed by atoms with Crippen LogP contribution in [0.4, 0.5) is 5.69 Å². The fourth-order valence-electron chi connectivity index (χ4n) is 2.21. The lowest BCUT2D eigenvalue weighted by Gasteiger charge is -2.11. The summed E-state index contributed by atoms with van der Waals surface area (Å²) in [5, 5.41) is 3.03. The van der Waals surface area contributed by atoms with Crippen LogP contribution in [0.5, 0.6) is 0 Å². The first kappa shape index (κ1) is 15.6. The molecule has 0 spiro atoms. The van der Waals surface area contributed by atoms with E-state index in [2.05, 4.69) is 30.4 Å². The zero-order chi connectivity index (χ0) is 15.2. The minimum Gasteiger partial charge on any atom is -0.325 e. The van der Waals surface area contributed by atoms with Crippen molar-refractivity contribution in [2.24, 2.45) is 0 Å². The molecule has 0 aliphatic rings. The van der Waals surface area contributed by atoms with Crippen LogP contribution in [-0.4, -0.2) is 11.7 Å². The molecule has 0 bridgehead atoms. The molecule has 0 unspecified atom stereocenters. The van der Waals surface area contributed by atoms with E-state index < -0.39 is 0 Å². The van der Waals surface area contributed by atoms with E-state index in [1.165, 1.54) is 5.56 Å². The molecule has 0 saturated carbocycles. The van der Waals surface area contributed by atoms with Crippen LogP contribution in [0.15, 0.2) is 47.4 Å². The van der Waals surface area contributed by atoms with E-state index >= 15 is 0 Å². The lowest BCUT2D eigenvalue weighted by atomic mass is 10.0. The minimum absolute atomic E-state index is 0.0350. The Hall–Kier alpha value is -1.74. The Balaban J connectivity index is 2.10. The van der Waals surface area contributed by atoms with Crippen molar-refractivity contribution in [1.82, 2.24) is 0 Å². The van der Waals surface area contributed by atoms with Gasteiger partial charge in [-0.3, -0.25) is 4.79 Å². The van der Waals surface area contributed by atoms with Crippen molar-refractivity contribution in [2.75, 3.05) is 11.1 Å². The topological polar surface area (TPSA) is 29.1 Å². The van der Waals surface area contributed by atoms with Gasteiger partial charge in [0.25, 0.3) is 0 Å². The van der Waals surface area contributed by atoms with Crippen LogP contribution >= 0.6 is 11.8 Å². The van der Waals surface area contributed by atoms with Crippen LogP contribution in [0.1, 0.15) is 23.6 Å². The summed E-state index contributed by atoms with van der Waals surface area (Å²) < 4.78 is 0. The van der Waals surface area contributed by atoms with E-state index in [1.54, 1.807) is 11.8 Å². The summed E-state index contributed by atoms with van der Waals surface area (Å²) in [6.07, 6.45) is 0.415. The van der Waals surface area contributed by atoms with Crippen molar-refractivity contribution >= 4 is 23.4 Å². The number of nitrogens with one attached hydrogen (secondary N) is 1. The molecule has 21 heavy (non-hydrogen) atoms. The van der Waals surface area contributed by atoms with Gasteiger partial charge >= 0.3 is 0 Å². The fourth-order valence-corrected chi connectivity index (χ4v) is 2.97. The highest BCUT2D eigenvalue weighted by Crippen LogP contribution is 2.26. The molecule has 1 amide bonds. The fraction of sp³-hybridized carbons (Fsp3) is 0.278. The van der Waals surface area contributed by atoms with E-state index in [0.717, 1.165) is 27.5 Å². The highest BCUT2D eigenvalue weighted by atomic mass is 32.2. The zero-order valence-corrected chi connectivity index (χ0v) is 13.6. The third-order valence-corrected chi connectivity index (χ3v) is 4.27. The highest BCUT2D eigenvalue weighted by Gasteiger charge is 2.09. The number of amides is 1. The normalized spacial score (nSPS) is 10.4. The first-order chi connectivity index (χ1) is 10.1. The highest BCUT2D eigenvalue weighted by molar-refractivity contribution is 7.99. The molecule has 0 atom stereocenters. The number of carbonyl (C=O) groups excluding carboxylic acids is 1.